The van der Waals surface area contributed by atoms with Gasteiger partial charge in [-0.1, -0.05) is 6.07 Å². The molecule has 2 saturated heterocycles. The first-order valence-electron chi connectivity index (χ1n) is 9.07. The minimum absolute atomic E-state index is 0.353. The quantitative estimate of drug-likeness (QED) is 0.840. The van der Waals surface area contributed by atoms with Gasteiger partial charge in [0.15, 0.2) is 11.5 Å². The molecule has 0 saturated carbocycles. The molecule has 0 N–H and O–H groups in total. The van der Waals surface area contributed by atoms with E-state index in [9.17, 15) is 0 Å². The zero-order valence-electron chi connectivity index (χ0n) is 15.1. The van der Waals surface area contributed by atoms with Crippen LogP contribution in [0.3, 0.4) is 0 Å². The first-order valence-corrected chi connectivity index (χ1v) is 9.07. The van der Waals surface area contributed by atoms with Crippen molar-refractivity contribution in [3.05, 3.63) is 23.8 Å². The van der Waals surface area contributed by atoms with Crippen LogP contribution in [0.5, 0.6) is 11.5 Å². The molecule has 3 atom stereocenters. The smallest absolute Gasteiger partial charge is 0.231 e. The Morgan fingerprint density at radius 2 is 2.04 bits per heavy atom. The maximum atomic E-state index is 5.51. The van der Waals surface area contributed by atoms with Crippen molar-refractivity contribution in [3.8, 4) is 11.5 Å². The molecule has 0 unspecified atom stereocenters. The second-order valence-electron chi connectivity index (χ2n) is 7.86. The molecular weight excluding hydrogens is 302 g/mol. The summed E-state index contributed by atoms with van der Waals surface area (Å²) in [5.41, 5.74) is 1.33. The number of ether oxygens (including phenoxy) is 2. The van der Waals surface area contributed by atoms with E-state index in [1.165, 1.54) is 38.0 Å². The SMILES string of the molecule is CN(C)C[C@@H]1C[C@@H]2CN(Cc3ccc4c(c3)OCO4)CC[C@@H]2N1C. The number of rotatable bonds is 4. The zero-order valence-corrected chi connectivity index (χ0v) is 15.1. The molecule has 0 aromatic heterocycles. The average molecular weight is 331 g/mol. The summed E-state index contributed by atoms with van der Waals surface area (Å²) in [5.74, 6) is 2.58. The van der Waals surface area contributed by atoms with Crippen LogP contribution in [0, 0.1) is 5.92 Å². The maximum absolute atomic E-state index is 5.51. The lowest BCUT2D eigenvalue weighted by atomic mass is 9.92. The number of fused-ring (bicyclic) bond motifs is 2. The minimum Gasteiger partial charge on any atom is -0.454 e. The summed E-state index contributed by atoms with van der Waals surface area (Å²) in [6.45, 7) is 4.95. The largest absolute Gasteiger partial charge is 0.454 e. The van der Waals surface area contributed by atoms with E-state index in [-0.39, 0.29) is 0 Å². The van der Waals surface area contributed by atoms with Crippen LogP contribution < -0.4 is 9.47 Å². The van der Waals surface area contributed by atoms with Crippen LogP contribution in [0.1, 0.15) is 18.4 Å². The molecule has 3 aliphatic rings. The Kier molecular flexibility index (Phi) is 4.41. The van der Waals surface area contributed by atoms with E-state index in [1.54, 1.807) is 0 Å². The number of likely N-dealkylation sites (N-methyl/N-ethyl adjacent to an activating group) is 2. The summed E-state index contributed by atoms with van der Waals surface area (Å²) in [5, 5.41) is 0. The summed E-state index contributed by atoms with van der Waals surface area (Å²) in [4.78, 5) is 7.58. The number of benzene rings is 1. The summed E-state index contributed by atoms with van der Waals surface area (Å²) in [6.07, 6.45) is 2.62. The molecular formula is C19H29N3O2. The van der Waals surface area contributed by atoms with Crippen molar-refractivity contribution in [3.63, 3.8) is 0 Å². The van der Waals surface area contributed by atoms with Crippen LogP contribution in [0.4, 0.5) is 0 Å². The van der Waals surface area contributed by atoms with Crippen LogP contribution in [0.25, 0.3) is 0 Å². The Balaban J connectivity index is 1.38. The Morgan fingerprint density at radius 1 is 1.21 bits per heavy atom. The maximum Gasteiger partial charge on any atom is 0.231 e. The summed E-state index contributed by atoms with van der Waals surface area (Å²) < 4.78 is 10.9. The molecule has 0 bridgehead atoms. The van der Waals surface area contributed by atoms with Crippen LogP contribution in [0.15, 0.2) is 18.2 Å². The van der Waals surface area contributed by atoms with E-state index in [1.807, 2.05) is 6.07 Å². The Hall–Kier alpha value is -1.30. The van der Waals surface area contributed by atoms with Gasteiger partial charge >= 0.3 is 0 Å². The third kappa shape index (κ3) is 3.13. The van der Waals surface area contributed by atoms with Crippen molar-refractivity contribution in [1.82, 2.24) is 14.7 Å². The summed E-state index contributed by atoms with van der Waals surface area (Å²) in [7, 11) is 6.69. The lowest BCUT2D eigenvalue weighted by Gasteiger charge is -2.37. The normalized spacial score (nSPS) is 30.1. The van der Waals surface area contributed by atoms with Crippen molar-refractivity contribution >= 4 is 0 Å². The molecule has 2 fully saturated rings. The Morgan fingerprint density at radius 3 is 2.88 bits per heavy atom. The number of hydrogen-bond donors (Lipinski definition) is 0. The molecule has 0 spiro atoms. The lowest BCUT2D eigenvalue weighted by Crippen LogP contribution is -2.46. The molecule has 132 valence electrons. The van der Waals surface area contributed by atoms with Gasteiger partial charge in [-0.3, -0.25) is 9.80 Å². The molecule has 1 aromatic carbocycles. The van der Waals surface area contributed by atoms with Crippen molar-refractivity contribution in [2.75, 3.05) is 47.6 Å². The molecule has 4 rings (SSSR count). The van der Waals surface area contributed by atoms with E-state index in [4.69, 9.17) is 9.47 Å². The molecule has 3 heterocycles. The standard InChI is InChI=1S/C19H29N3O2/c1-20(2)12-16-9-15-11-22(7-6-17(15)21(16)3)10-14-4-5-18-19(8-14)24-13-23-18/h4-5,8,15-17H,6-7,9-13H2,1-3H3/t15-,16+,17+/m1/s1. The average Bonchev–Trinajstić information content (AvgIpc) is 3.12. The number of nitrogens with zero attached hydrogens (tertiary/aromatic N) is 3. The lowest BCUT2D eigenvalue weighted by molar-refractivity contribution is 0.108. The van der Waals surface area contributed by atoms with E-state index in [0.29, 0.717) is 12.8 Å². The fourth-order valence-electron chi connectivity index (χ4n) is 4.72. The van der Waals surface area contributed by atoms with Gasteiger partial charge in [-0.15, -0.1) is 0 Å². The monoisotopic (exact) mass is 331 g/mol. The second kappa shape index (κ2) is 6.54. The summed E-state index contributed by atoms with van der Waals surface area (Å²) in [6, 6.07) is 7.84. The van der Waals surface area contributed by atoms with Crippen LogP contribution in [-0.4, -0.2) is 74.4 Å². The van der Waals surface area contributed by atoms with E-state index < -0.39 is 0 Å². The molecule has 0 radical (unpaired) electrons. The highest BCUT2D eigenvalue weighted by atomic mass is 16.7. The molecule has 5 nitrogen and oxygen atoms in total. The van der Waals surface area contributed by atoms with Gasteiger partial charge in [-0.25, -0.2) is 0 Å². The molecule has 1 aromatic rings. The first kappa shape index (κ1) is 16.2. The van der Waals surface area contributed by atoms with Gasteiger partial charge in [0.2, 0.25) is 6.79 Å². The highest BCUT2D eigenvalue weighted by molar-refractivity contribution is 5.44. The minimum atomic E-state index is 0.353. The number of piperidine rings is 1. The number of hydrogen-bond acceptors (Lipinski definition) is 5. The van der Waals surface area contributed by atoms with Gasteiger partial charge in [0.1, 0.15) is 0 Å². The van der Waals surface area contributed by atoms with E-state index >= 15 is 0 Å². The third-order valence-corrected chi connectivity index (χ3v) is 5.87. The van der Waals surface area contributed by atoms with Crippen molar-refractivity contribution < 1.29 is 9.47 Å². The molecule has 0 aliphatic carbocycles. The highest BCUT2D eigenvalue weighted by Gasteiger charge is 2.41. The molecule has 24 heavy (non-hydrogen) atoms. The predicted octanol–water partition coefficient (Wildman–Crippen LogP) is 1.87. The van der Waals surface area contributed by atoms with Gasteiger partial charge in [0.05, 0.1) is 0 Å². The fraction of sp³-hybridized carbons (Fsp3) is 0.684. The summed E-state index contributed by atoms with van der Waals surface area (Å²) >= 11 is 0. The van der Waals surface area contributed by atoms with Crippen molar-refractivity contribution in [2.45, 2.75) is 31.5 Å². The van der Waals surface area contributed by atoms with E-state index in [0.717, 1.165) is 30.0 Å². The zero-order chi connectivity index (χ0) is 16.7. The van der Waals surface area contributed by atoms with Crippen LogP contribution in [-0.2, 0) is 6.54 Å². The second-order valence-corrected chi connectivity index (χ2v) is 7.86. The van der Waals surface area contributed by atoms with Crippen molar-refractivity contribution in [2.24, 2.45) is 5.92 Å². The van der Waals surface area contributed by atoms with E-state index in [2.05, 4.69) is 48.0 Å². The first-order chi connectivity index (χ1) is 11.6. The molecule has 3 aliphatic heterocycles. The number of likely N-dealkylation sites (tertiary alicyclic amines) is 2. The predicted molar refractivity (Wildman–Crippen MR) is 94.5 cm³/mol. The van der Waals surface area contributed by atoms with Gasteiger partial charge < -0.3 is 14.4 Å². The Labute approximate surface area is 145 Å². The molecule has 5 heteroatoms. The Bertz CT molecular complexity index is 592. The highest BCUT2D eigenvalue weighted by Crippen LogP contribution is 2.36. The third-order valence-electron chi connectivity index (χ3n) is 5.87. The van der Waals surface area contributed by atoms with Gasteiger partial charge in [-0.2, -0.15) is 0 Å². The van der Waals surface area contributed by atoms with Crippen LogP contribution in [0.2, 0.25) is 0 Å². The topological polar surface area (TPSA) is 28.2 Å². The molecule has 0 amide bonds. The fourth-order valence-corrected chi connectivity index (χ4v) is 4.72. The van der Waals surface area contributed by atoms with Gasteiger partial charge in [-0.05, 0) is 64.1 Å². The van der Waals surface area contributed by atoms with Crippen molar-refractivity contribution in [1.29, 1.82) is 0 Å². The van der Waals surface area contributed by atoms with Gasteiger partial charge in [0.25, 0.3) is 0 Å². The van der Waals surface area contributed by atoms with Gasteiger partial charge in [0, 0.05) is 31.7 Å². The van der Waals surface area contributed by atoms with Crippen LogP contribution >= 0.6 is 0 Å².